The highest BCUT2D eigenvalue weighted by atomic mass is 16.5. The lowest BCUT2D eigenvalue weighted by Crippen LogP contribution is -2.49. The van der Waals surface area contributed by atoms with E-state index in [-0.39, 0.29) is 5.92 Å². The lowest BCUT2D eigenvalue weighted by Gasteiger charge is -2.54. The zero-order valence-corrected chi connectivity index (χ0v) is 18.9. The number of carboxylic acid groups (broad SMARTS) is 1. The Hall–Kier alpha value is -2.33. The molecule has 7 rings (SSSR count). The van der Waals surface area contributed by atoms with Crippen molar-refractivity contribution >= 4 is 5.97 Å². The molecule has 4 saturated carbocycles. The molecule has 5 fully saturated rings. The number of benzene rings is 2. The van der Waals surface area contributed by atoms with Crippen molar-refractivity contribution in [2.45, 2.75) is 44.6 Å². The van der Waals surface area contributed by atoms with Gasteiger partial charge in [-0.3, -0.25) is 9.69 Å². The van der Waals surface area contributed by atoms with Gasteiger partial charge in [-0.1, -0.05) is 30.3 Å². The fourth-order valence-corrected chi connectivity index (χ4v) is 7.52. The quantitative estimate of drug-likeness (QED) is 0.664. The number of nitrogens with zero attached hydrogens (tertiary/aromatic N) is 1. The third-order valence-corrected chi connectivity index (χ3v) is 8.82. The molecule has 2 aromatic carbocycles. The van der Waals surface area contributed by atoms with Gasteiger partial charge in [0.05, 0.1) is 13.0 Å². The van der Waals surface area contributed by atoms with E-state index in [0.717, 1.165) is 36.0 Å². The molecule has 1 aliphatic heterocycles. The van der Waals surface area contributed by atoms with Crippen LogP contribution in [0.1, 0.15) is 49.1 Å². The molecule has 0 aromatic heterocycles. The molecule has 1 heterocycles. The first kappa shape index (κ1) is 20.3. The predicted octanol–water partition coefficient (Wildman–Crippen LogP) is 5.42. The van der Waals surface area contributed by atoms with Gasteiger partial charge in [0.2, 0.25) is 0 Å². The van der Waals surface area contributed by atoms with Crippen LogP contribution in [0.15, 0.2) is 42.5 Å². The van der Waals surface area contributed by atoms with Crippen molar-refractivity contribution in [2.75, 3.05) is 20.2 Å². The standard InChI is InChI=1S/C28H33NO3/c1-32-26-7-6-21(13-25(26)27-22-9-18-8-19(11-22)12-23(27)10-18)20-4-2-17(3-5-20)14-29-15-24(16-29)28(30)31/h2-7,13,18-19,22-24,27H,8-12,14-16H2,1H3,(H,30,31). The van der Waals surface area contributed by atoms with E-state index < -0.39 is 5.97 Å². The number of hydrogen-bond donors (Lipinski definition) is 1. The topological polar surface area (TPSA) is 49.8 Å². The smallest absolute Gasteiger partial charge is 0.309 e. The first-order valence-electron chi connectivity index (χ1n) is 12.3. The van der Waals surface area contributed by atoms with Crippen molar-refractivity contribution in [3.63, 3.8) is 0 Å². The Bertz CT molecular complexity index is 980. The van der Waals surface area contributed by atoms with Crippen molar-refractivity contribution in [1.29, 1.82) is 0 Å². The highest BCUT2D eigenvalue weighted by Gasteiger charge is 2.49. The van der Waals surface area contributed by atoms with Crippen LogP contribution in [-0.4, -0.2) is 36.2 Å². The summed E-state index contributed by atoms with van der Waals surface area (Å²) in [6, 6.07) is 15.6. The summed E-state index contributed by atoms with van der Waals surface area (Å²) in [6.45, 7) is 2.14. The third-order valence-electron chi connectivity index (χ3n) is 8.82. The van der Waals surface area contributed by atoms with Gasteiger partial charge in [-0.15, -0.1) is 0 Å². The van der Waals surface area contributed by atoms with Crippen LogP contribution in [0.3, 0.4) is 0 Å². The molecule has 4 bridgehead atoms. The second kappa shape index (κ2) is 7.91. The van der Waals surface area contributed by atoms with E-state index in [0.29, 0.717) is 19.0 Å². The minimum absolute atomic E-state index is 0.197. The van der Waals surface area contributed by atoms with Gasteiger partial charge in [0, 0.05) is 19.6 Å². The molecule has 5 aliphatic rings. The molecule has 0 spiro atoms. The van der Waals surface area contributed by atoms with Crippen LogP contribution in [0.5, 0.6) is 5.75 Å². The summed E-state index contributed by atoms with van der Waals surface area (Å²) in [5, 5.41) is 9.07. The Morgan fingerprint density at radius 1 is 0.938 bits per heavy atom. The zero-order valence-electron chi connectivity index (χ0n) is 18.9. The molecule has 168 valence electrons. The molecule has 2 aromatic rings. The van der Waals surface area contributed by atoms with Gasteiger partial charge in [0.1, 0.15) is 5.75 Å². The second-order valence-electron chi connectivity index (χ2n) is 10.8. The maximum Gasteiger partial charge on any atom is 0.309 e. The molecule has 0 atom stereocenters. The van der Waals surface area contributed by atoms with Gasteiger partial charge in [0.25, 0.3) is 0 Å². The normalized spacial score (nSPS) is 31.5. The number of hydrogen-bond acceptors (Lipinski definition) is 3. The second-order valence-corrected chi connectivity index (χ2v) is 10.8. The predicted molar refractivity (Wildman–Crippen MR) is 125 cm³/mol. The van der Waals surface area contributed by atoms with Crippen LogP contribution in [0.2, 0.25) is 0 Å². The summed E-state index contributed by atoms with van der Waals surface area (Å²) >= 11 is 0. The molecule has 1 N–H and O–H groups in total. The first-order chi connectivity index (χ1) is 15.6. The number of likely N-dealkylation sites (tertiary alicyclic amines) is 1. The Labute approximate surface area is 190 Å². The lowest BCUT2D eigenvalue weighted by molar-refractivity contribution is -0.147. The number of methoxy groups -OCH3 is 1. The molecule has 1 saturated heterocycles. The zero-order chi connectivity index (χ0) is 21.8. The van der Waals surface area contributed by atoms with Gasteiger partial charge in [-0.2, -0.15) is 0 Å². The van der Waals surface area contributed by atoms with Crippen LogP contribution in [0.4, 0.5) is 0 Å². The van der Waals surface area contributed by atoms with Gasteiger partial charge < -0.3 is 9.84 Å². The summed E-state index contributed by atoms with van der Waals surface area (Å²) in [7, 11) is 1.81. The van der Waals surface area contributed by atoms with Gasteiger partial charge in [-0.05, 0) is 96.1 Å². The van der Waals surface area contributed by atoms with Crippen molar-refractivity contribution < 1.29 is 14.6 Å². The van der Waals surface area contributed by atoms with Gasteiger partial charge >= 0.3 is 5.97 Å². The molecule has 4 aliphatic carbocycles. The number of rotatable bonds is 6. The highest BCUT2D eigenvalue weighted by molar-refractivity contribution is 5.71. The summed E-state index contributed by atoms with van der Waals surface area (Å²) in [5.74, 6) is 4.48. The summed E-state index contributed by atoms with van der Waals surface area (Å²) in [6.07, 6.45) is 7.15. The monoisotopic (exact) mass is 431 g/mol. The molecule has 0 radical (unpaired) electrons. The van der Waals surface area contributed by atoms with Crippen LogP contribution in [0.25, 0.3) is 11.1 Å². The number of aliphatic carboxylic acids is 1. The lowest BCUT2D eigenvalue weighted by atomic mass is 9.50. The fraction of sp³-hybridized carbons (Fsp3) is 0.536. The van der Waals surface area contributed by atoms with Crippen LogP contribution < -0.4 is 4.74 Å². The molecule has 4 nitrogen and oxygen atoms in total. The maximum absolute atomic E-state index is 11.0. The molecule has 0 unspecified atom stereocenters. The van der Waals surface area contributed by atoms with Crippen LogP contribution in [-0.2, 0) is 11.3 Å². The maximum atomic E-state index is 11.0. The molecular formula is C28H33NO3. The van der Waals surface area contributed by atoms with E-state index in [1.807, 2.05) is 7.11 Å². The van der Waals surface area contributed by atoms with Gasteiger partial charge in [0.15, 0.2) is 0 Å². The molecular weight excluding hydrogens is 398 g/mol. The summed E-state index contributed by atoms with van der Waals surface area (Å²) in [5.41, 5.74) is 5.19. The first-order valence-corrected chi connectivity index (χ1v) is 12.3. The summed E-state index contributed by atoms with van der Waals surface area (Å²) < 4.78 is 5.85. The average Bonchev–Trinajstić information content (AvgIpc) is 2.75. The third kappa shape index (κ3) is 3.53. The van der Waals surface area contributed by atoms with E-state index in [2.05, 4.69) is 47.4 Å². The van der Waals surface area contributed by atoms with E-state index in [9.17, 15) is 4.79 Å². The van der Waals surface area contributed by atoms with Gasteiger partial charge in [-0.25, -0.2) is 0 Å². The van der Waals surface area contributed by atoms with E-state index in [4.69, 9.17) is 9.84 Å². The van der Waals surface area contributed by atoms with E-state index >= 15 is 0 Å². The minimum Gasteiger partial charge on any atom is -0.496 e. The Balaban J connectivity index is 1.22. The number of carboxylic acids is 1. The fourth-order valence-electron chi connectivity index (χ4n) is 7.52. The summed E-state index contributed by atoms with van der Waals surface area (Å²) in [4.78, 5) is 13.2. The average molecular weight is 432 g/mol. The molecule has 0 amide bonds. The van der Waals surface area contributed by atoms with Crippen molar-refractivity contribution in [2.24, 2.45) is 29.6 Å². The Kier molecular flexibility index (Phi) is 5.02. The van der Waals surface area contributed by atoms with Crippen molar-refractivity contribution in [3.8, 4) is 16.9 Å². The SMILES string of the molecule is COc1ccc(-c2ccc(CN3CC(C(=O)O)C3)cc2)cc1C1C2CC3CC(C2)CC1C3. The minimum atomic E-state index is -0.675. The van der Waals surface area contributed by atoms with Crippen LogP contribution in [0, 0.1) is 29.6 Å². The van der Waals surface area contributed by atoms with E-state index in [1.54, 1.807) is 0 Å². The largest absolute Gasteiger partial charge is 0.496 e. The Morgan fingerprint density at radius 2 is 1.56 bits per heavy atom. The van der Waals surface area contributed by atoms with E-state index in [1.165, 1.54) is 54.4 Å². The highest BCUT2D eigenvalue weighted by Crippen LogP contribution is 2.60. The molecule has 32 heavy (non-hydrogen) atoms. The van der Waals surface area contributed by atoms with Crippen molar-refractivity contribution in [3.05, 3.63) is 53.6 Å². The number of ether oxygens (including phenoxy) is 1. The van der Waals surface area contributed by atoms with Crippen LogP contribution >= 0.6 is 0 Å². The molecule has 4 heteroatoms. The number of carbonyl (C=O) groups is 1. The Morgan fingerprint density at radius 3 is 2.16 bits per heavy atom. The van der Waals surface area contributed by atoms with Crippen molar-refractivity contribution in [1.82, 2.24) is 4.90 Å².